The van der Waals surface area contributed by atoms with Crippen molar-refractivity contribution in [1.82, 2.24) is 15.0 Å². The highest BCUT2D eigenvalue weighted by atomic mass is 16.5. The minimum atomic E-state index is 0.645. The Morgan fingerprint density at radius 3 is 1.22 bits per heavy atom. The first kappa shape index (κ1) is 31.3. The molecular weight excluding hydrogens is 601 g/mol. The number of aryl methyl sites for hydroxylation is 2. The molecule has 5 nitrogen and oxygen atoms in total. The van der Waals surface area contributed by atoms with Gasteiger partial charge in [0.05, 0.1) is 7.11 Å². The third-order valence-corrected chi connectivity index (χ3v) is 8.39. The molecule has 0 aliphatic carbocycles. The molecule has 49 heavy (non-hydrogen) atoms. The summed E-state index contributed by atoms with van der Waals surface area (Å²) in [6.45, 7) is 4.16. The summed E-state index contributed by atoms with van der Waals surface area (Å²) in [5, 5.41) is 0. The average molecular weight is 637 g/mol. The van der Waals surface area contributed by atoms with E-state index in [0.29, 0.717) is 17.5 Å². The van der Waals surface area contributed by atoms with Crippen molar-refractivity contribution in [1.29, 1.82) is 0 Å². The molecule has 1 heterocycles. The highest BCUT2D eigenvalue weighted by Gasteiger charge is 2.14. The Morgan fingerprint density at radius 1 is 0.429 bits per heavy atom. The number of para-hydroxylation sites is 1. The number of aromatic nitrogens is 3. The summed E-state index contributed by atoms with van der Waals surface area (Å²) in [5.74, 6) is 2.79. The van der Waals surface area contributed by atoms with Gasteiger partial charge >= 0.3 is 0 Å². The van der Waals surface area contributed by atoms with Crippen molar-refractivity contribution in [2.75, 3.05) is 12.0 Å². The Bertz CT molecular complexity index is 2110. The van der Waals surface area contributed by atoms with Gasteiger partial charge in [0.25, 0.3) is 0 Å². The first-order valence-corrected chi connectivity index (χ1v) is 16.3. The second-order valence-corrected chi connectivity index (χ2v) is 12.0. The molecule has 0 saturated carbocycles. The lowest BCUT2D eigenvalue weighted by molar-refractivity contribution is 0.415. The summed E-state index contributed by atoms with van der Waals surface area (Å²) in [6, 6.07) is 52.0. The first-order valence-electron chi connectivity index (χ1n) is 16.3. The average Bonchev–Trinajstić information content (AvgIpc) is 3.16. The van der Waals surface area contributed by atoms with Gasteiger partial charge in [-0.15, -0.1) is 0 Å². The molecule has 0 N–H and O–H groups in total. The first-order chi connectivity index (χ1) is 24.0. The van der Waals surface area contributed by atoms with E-state index in [1.165, 1.54) is 11.1 Å². The van der Waals surface area contributed by atoms with Crippen LogP contribution in [0, 0.1) is 13.8 Å². The van der Waals surface area contributed by atoms with E-state index in [0.717, 1.165) is 50.6 Å². The molecule has 5 heteroatoms. The van der Waals surface area contributed by atoms with E-state index in [1.807, 2.05) is 18.2 Å². The van der Waals surface area contributed by atoms with Crippen molar-refractivity contribution < 1.29 is 4.74 Å². The lowest BCUT2D eigenvalue weighted by Crippen LogP contribution is -2.09. The molecule has 238 valence electrons. The number of rotatable bonds is 9. The quantitative estimate of drug-likeness (QED) is 0.148. The Kier molecular flexibility index (Phi) is 9.06. The maximum absolute atomic E-state index is 5.38. The zero-order valence-corrected chi connectivity index (χ0v) is 27.8. The highest BCUT2D eigenvalue weighted by Crippen LogP contribution is 2.35. The van der Waals surface area contributed by atoms with Crippen molar-refractivity contribution in [3.63, 3.8) is 0 Å². The lowest BCUT2D eigenvalue weighted by atomic mass is 10.1. The summed E-state index contributed by atoms with van der Waals surface area (Å²) in [6.07, 6.45) is 4.26. The summed E-state index contributed by atoms with van der Waals surface area (Å²) >= 11 is 0. The van der Waals surface area contributed by atoms with Crippen molar-refractivity contribution in [3.8, 4) is 39.9 Å². The van der Waals surface area contributed by atoms with Gasteiger partial charge in [-0.2, -0.15) is 0 Å². The molecule has 0 aliphatic rings. The SMILES string of the molecule is COc1ccc(N(c2ccccc2)c2ccc(/C=C/c3ccc(-c4nc(-c5ccc(C)cc5)nc(-c5ccc(C)cc5)n4)cc3)cc2)cc1. The van der Waals surface area contributed by atoms with Crippen LogP contribution in [-0.4, -0.2) is 22.1 Å². The van der Waals surface area contributed by atoms with Gasteiger partial charge in [-0.05, 0) is 73.5 Å². The maximum Gasteiger partial charge on any atom is 0.164 e. The summed E-state index contributed by atoms with van der Waals surface area (Å²) < 4.78 is 5.38. The topological polar surface area (TPSA) is 51.1 Å². The van der Waals surface area contributed by atoms with E-state index in [1.54, 1.807) is 7.11 Å². The standard InChI is InChI=1S/C44H36N4O/c1-31-9-19-35(20-10-31)42-45-43(36-21-11-32(2)12-22-36)47-44(46-42)37-23-15-33(16-24-37)13-14-34-17-25-39(26-18-34)48(38-7-5-4-6-8-38)40-27-29-41(49-3)30-28-40/h4-30H,1-3H3/b14-13+. The summed E-state index contributed by atoms with van der Waals surface area (Å²) in [4.78, 5) is 16.9. The maximum atomic E-state index is 5.38. The second kappa shape index (κ2) is 14.2. The van der Waals surface area contributed by atoms with Crippen LogP contribution in [0.1, 0.15) is 22.3 Å². The predicted molar refractivity (Wildman–Crippen MR) is 202 cm³/mol. The van der Waals surface area contributed by atoms with Crippen LogP contribution in [0.4, 0.5) is 17.1 Å². The van der Waals surface area contributed by atoms with Crippen molar-refractivity contribution in [3.05, 3.63) is 174 Å². The van der Waals surface area contributed by atoms with E-state index >= 15 is 0 Å². The van der Waals surface area contributed by atoms with E-state index in [9.17, 15) is 0 Å². The van der Waals surface area contributed by atoms with Crippen LogP contribution < -0.4 is 9.64 Å². The van der Waals surface area contributed by atoms with Gasteiger partial charge in [0.2, 0.25) is 0 Å². The molecule has 0 atom stereocenters. The molecule has 0 radical (unpaired) electrons. The number of benzene rings is 6. The molecule has 1 aromatic heterocycles. The fourth-order valence-electron chi connectivity index (χ4n) is 5.59. The van der Waals surface area contributed by atoms with Crippen LogP contribution in [0.2, 0.25) is 0 Å². The highest BCUT2D eigenvalue weighted by molar-refractivity contribution is 5.78. The third kappa shape index (κ3) is 7.32. The normalized spacial score (nSPS) is 11.1. The van der Waals surface area contributed by atoms with E-state index in [4.69, 9.17) is 19.7 Å². The minimum Gasteiger partial charge on any atom is -0.497 e. The second-order valence-electron chi connectivity index (χ2n) is 12.0. The third-order valence-electron chi connectivity index (χ3n) is 8.39. The Morgan fingerprint density at radius 2 is 0.796 bits per heavy atom. The van der Waals surface area contributed by atoms with Gasteiger partial charge in [0.15, 0.2) is 17.5 Å². The molecule has 7 aromatic rings. The van der Waals surface area contributed by atoms with Crippen LogP contribution in [0.3, 0.4) is 0 Å². The minimum absolute atomic E-state index is 0.645. The number of anilines is 3. The Balaban J connectivity index is 1.13. The number of hydrogen-bond donors (Lipinski definition) is 0. The van der Waals surface area contributed by atoms with Gasteiger partial charge in [-0.3, -0.25) is 0 Å². The molecule has 0 bridgehead atoms. The fourth-order valence-corrected chi connectivity index (χ4v) is 5.59. The van der Waals surface area contributed by atoms with E-state index in [2.05, 4.69) is 164 Å². The Labute approximate surface area is 287 Å². The molecule has 7 rings (SSSR count). The van der Waals surface area contributed by atoms with E-state index in [-0.39, 0.29) is 0 Å². The molecule has 0 aliphatic heterocycles. The number of hydrogen-bond acceptors (Lipinski definition) is 5. The van der Waals surface area contributed by atoms with Gasteiger partial charge in [-0.25, -0.2) is 15.0 Å². The number of methoxy groups -OCH3 is 1. The van der Waals surface area contributed by atoms with Crippen LogP contribution in [0.15, 0.2) is 152 Å². The Hall–Kier alpha value is -6.33. The van der Waals surface area contributed by atoms with Gasteiger partial charge in [0.1, 0.15) is 5.75 Å². The van der Waals surface area contributed by atoms with Crippen LogP contribution in [0.5, 0.6) is 5.75 Å². The van der Waals surface area contributed by atoms with Gasteiger partial charge in [-0.1, -0.05) is 126 Å². The van der Waals surface area contributed by atoms with E-state index < -0.39 is 0 Å². The lowest BCUT2D eigenvalue weighted by Gasteiger charge is -2.25. The number of ether oxygens (including phenoxy) is 1. The van der Waals surface area contributed by atoms with Crippen molar-refractivity contribution >= 4 is 29.2 Å². The smallest absolute Gasteiger partial charge is 0.164 e. The fraction of sp³-hybridized carbons (Fsp3) is 0.0682. The molecule has 0 amide bonds. The molecule has 0 saturated heterocycles. The monoisotopic (exact) mass is 636 g/mol. The largest absolute Gasteiger partial charge is 0.497 e. The zero-order chi connectivity index (χ0) is 33.6. The van der Waals surface area contributed by atoms with Crippen LogP contribution in [0.25, 0.3) is 46.3 Å². The molecule has 6 aromatic carbocycles. The van der Waals surface area contributed by atoms with Crippen LogP contribution >= 0.6 is 0 Å². The molecular formula is C44H36N4O. The van der Waals surface area contributed by atoms with Gasteiger partial charge in [0, 0.05) is 33.8 Å². The van der Waals surface area contributed by atoms with Crippen LogP contribution in [-0.2, 0) is 0 Å². The predicted octanol–water partition coefficient (Wildman–Crippen LogP) is 11.1. The number of nitrogens with zero attached hydrogens (tertiary/aromatic N) is 4. The van der Waals surface area contributed by atoms with Crippen molar-refractivity contribution in [2.45, 2.75) is 13.8 Å². The summed E-state index contributed by atoms with van der Waals surface area (Å²) in [5.41, 5.74) is 10.7. The molecule has 0 fully saturated rings. The molecule has 0 unspecified atom stereocenters. The van der Waals surface area contributed by atoms with Gasteiger partial charge < -0.3 is 9.64 Å². The zero-order valence-electron chi connectivity index (χ0n) is 27.8. The molecule has 0 spiro atoms. The van der Waals surface area contributed by atoms with Crippen molar-refractivity contribution in [2.24, 2.45) is 0 Å². The summed E-state index contributed by atoms with van der Waals surface area (Å²) in [7, 11) is 1.68.